The predicted octanol–water partition coefficient (Wildman–Crippen LogP) is 1.05. The molecule has 0 fully saturated rings. The highest BCUT2D eigenvalue weighted by Gasteiger charge is 1.91. The van der Waals surface area contributed by atoms with Crippen molar-refractivity contribution in [3.63, 3.8) is 0 Å². The summed E-state index contributed by atoms with van der Waals surface area (Å²) >= 11 is 0. The second-order valence-corrected chi connectivity index (χ2v) is 1.68. The number of allylic oxidation sites excluding steroid dienone is 1. The van der Waals surface area contributed by atoms with Crippen molar-refractivity contribution in [3.05, 3.63) is 12.3 Å². The molecule has 0 rings (SSSR count). The van der Waals surface area contributed by atoms with Crippen LogP contribution in [-0.4, -0.2) is 5.91 Å². The van der Waals surface area contributed by atoms with Crippen LogP contribution in [0.25, 0.3) is 0 Å². The summed E-state index contributed by atoms with van der Waals surface area (Å²) < 4.78 is 0. The standard InChI is InChI=1S/C6H11NO/c1-4-6(8)7-5(2)3/h2,4H2,1,3H3,(H,7,8). The maximum atomic E-state index is 10.5. The molecule has 46 valence electrons. The van der Waals surface area contributed by atoms with Gasteiger partial charge in [0, 0.05) is 12.1 Å². The number of nitrogens with one attached hydrogen (secondary N) is 1. The molecule has 0 saturated carbocycles. The van der Waals surface area contributed by atoms with E-state index >= 15 is 0 Å². The quantitative estimate of drug-likeness (QED) is 0.569. The van der Waals surface area contributed by atoms with Crippen molar-refractivity contribution < 1.29 is 4.79 Å². The second-order valence-electron chi connectivity index (χ2n) is 1.68. The van der Waals surface area contributed by atoms with E-state index in [4.69, 9.17) is 0 Å². The first-order valence-electron chi connectivity index (χ1n) is 2.62. The molecule has 1 amide bonds. The normalized spacial score (nSPS) is 8.25. The van der Waals surface area contributed by atoms with Gasteiger partial charge in [0.1, 0.15) is 0 Å². The zero-order valence-electron chi connectivity index (χ0n) is 5.32. The van der Waals surface area contributed by atoms with E-state index in [1.54, 1.807) is 13.8 Å². The number of carbonyl (C=O) groups excluding carboxylic acids is 1. The molecule has 1 N–H and O–H groups in total. The SMILES string of the molecule is C=C(C)NC(=O)CC. The van der Waals surface area contributed by atoms with E-state index < -0.39 is 0 Å². The van der Waals surface area contributed by atoms with Crippen molar-refractivity contribution in [2.75, 3.05) is 0 Å². The molecule has 0 atom stereocenters. The van der Waals surface area contributed by atoms with E-state index in [0.717, 1.165) is 0 Å². The highest BCUT2D eigenvalue weighted by atomic mass is 16.1. The van der Waals surface area contributed by atoms with Crippen molar-refractivity contribution in [1.82, 2.24) is 5.32 Å². The van der Waals surface area contributed by atoms with Crippen LogP contribution in [0.3, 0.4) is 0 Å². The number of hydrogen-bond acceptors (Lipinski definition) is 1. The zero-order valence-corrected chi connectivity index (χ0v) is 5.32. The van der Waals surface area contributed by atoms with Gasteiger partial charge >= 0.3 is 0 Å². The molecule has 0 heterocycles. The molecule has 0 bridgehead atoms. The van der Waals surface area contributed by atoms with Gasteiger partial charge in [0.25, 0.3) is 0 Å². The lowest BCUT2D eigenvalue weighted by Crippen LogP contribution is -2.18. The third kappa shape index (κ3) is 3.40. The van der Waals surface area contributed by atoms with Crippen molar-refractivity contribution >= 4 is 5.91 Å². The molecule has 0 aliphatic heterocycles. The summed E-state index contributed by atoms with van der Waals surface area (Å²) in [5, 5.41) is 2.56. The molecule has 0 radical (unpaired) electrons. The largest absolute Gasteiger partial charge is 0.331 e. The van der Waals surface area contributed by atoms with Crippen LogP contribution in [0.5, 0.6) is 0 Å². The highest BCUT2D eigenvalue weighted by molar-refractivity contribution is 5.77. The van der Waals surface area contributed by atoms with Crippen LogP contribution in [0.15, 0.2) is 12.3 Å². The second kappa shape index (κ2) is 3.24. The summed E-state index contributed by atoms with van der Waals surface area (Å²) in [4.78, 5) is 10.5. The van der Waals surface area contributed by atoms with Crippen LogP contribution in [0, 0.1) is 0 Å². The Morgan fingerprint density at radius 3 is 2.38 bits per heavy atom. The smallest absolute Gasteiger partial charge is 0.223 e. The predicted molar refractivity (Wildman–Crippen MR) is 33.2 cm³/mol. The van der Waals surface area contributed by atoms with Gasteiger partial charge in [-0.1, -0.05) is 13.5 Å². The van der Waals surface area contributed by atoms with Gasteiger partial charge in [-0.3, -0.25) is 4.79 Å². The maximum absolute atomic E-state index is 10.5. The topological polar surface area (TPSA) is 29.1 Å². The summed E-state index contributed by atoms with van der Waals surface area (Å²) in [6.45, 7) is 7.07. The van der Waals surface area contributed by atoms with Crippen molar-refractivity contribution in [1.29, 1.82) is 0 Å². The summed E-state index contributed by atoms with van der Waals surface area (Å²) in [6, 6.07) is 0. The Labute approximate surface area is 49.6 Å². The third-order valence-electron chi connectivity index (χ3n) is 0.674. The molecule has 0 aliphatic rings. The Kier molecular flexibility index (Phi) is 2.92. The van der Waals surface area contributed by atoms with Gasteiger partial charge in [0.2, 0.25) is 5.91 Å². The molecular weight excluding hydrogens is 102 g/mol. The number of rotatable bonds is 2. The summed E-state index contributed by atoms with van der Waals surface area (Å²) in [6.07, 6.45) is 0.521. The molecule has 2 heteroatoms. The van der Waals surface area contributed by atoms with Crippen LogP contribution in [0.1, 0.15) is 20.3 Å². The highest BCUT2D eigenvalue weighted by Crippen LogP contribution is 1.80. The maximum Gasteiger partial charge on any atom is 0.223 e. The van der Waals surface area contributed by atoms with Crippen LogP contribution in [-0.2, 0) is 4.79 Å². The molecule has 0 spiro atoms. The minimum atomic E-state index is 0.0255. The first-order valence-corrected chi connectivity index (χ1v) is 2.62. The fourth-order valence-corrected chi connectivity index (χ4v) is 0.326. The van der Waals surface area contributed by atoms with Crippen LogP contribution in [0.2, 0.25) is 0 Å². The zero-order chi connectivity index (χ0) is 6.57. The molecule has 0 aromatic heterocycles. The molecule has 0 aromatic carbocycles. The van der Waals surface area contributed by atoms with Gasteiger partial charge in [-0.05, 0) is 6.92 Å². The fraction of sp³-hybridized carbons (Fsp3) is 0.500. The van der Waals surface area contributed by atoms with E-state index in [1.165, 1.54) is 0 Å². The first kappa shape index (κ1) is 7.21. The van der Waals surface area contributed by atoms with E-state index in [1.807, 2.05) is 0 Å². The number of carbonyl (C=O) groups is 1. The average Bonchev–Trinajstić information content (AvgIpc) is 1.65. The Bertz CT molecular complexity index is 107. The number of hydrogen-bond donors (Lipinski definition) is 1. The number of amides is 1. The molecule has 0 aromatic rings. The Balaban J connectivity index is 3.40. The molecule has 0 unspecified atom stereocenters. The Morgan fingerprint density at radius 2 is 2.25 bits per heavy atom. The van der Waals surface area contributed by atoms with Crippen LogP contribution in [0.4, 0.5) is 0 Å². The van der Waals surface area contributed by atoms with E-state index in [-0.39, 0.29) is 5.91 Å². The molecule has 0 aliphatic carbocycles. The van der Waals surface area contributed by atoms with Gasteiger partial charge in [-0.25, -0.2) is 0 Å². The van der Waals surface area contributed by atoms with E-state index in [9.17, 15) is 4.79 Å². The summed E-state index contributed by atoms with van der Waals surface area (Å²) in [7, 11) is 0. The molecule has 2 nitrogen and oxygen atoms in total. The van der Waals surface area contributed by atoms with Gasteiger partial charge in [0.15, 0.2) is 0 Å². The van der Waals surface area contributed by atoms with Crippen molar-refractivity contribution in [2.24, 2.45) is 0 Å². The van der Waals surface area contributed by atoms with Crippen molar-refractivity contribution in [2.45, 2.75) is 20.3 Å². The Hall–Kier alpha value is -0.790. The lowest BCUT2D eigenvalue weighted by Gasteiger charge is -1.97. The summed E-state index contributed by atoms with van der Waals surface area (Å²) in [5.41, 5.74) is 0.705. The first-order chi connectivity index (χ1) is 3.66. The Morgan fingerprint density at radius 1 is 1.75 bits per heavy atom. The van der Waals surface area contributed by atoms with Crippen LogP contribution < -0.4 is 5.32 Å². The average molecular weight is 113 g/mol. The summed E-state index contributed by atoms with van der Waals surface area (Å²) in [5.74, 6) is 0.0255. The minimum Gasteiger partial charge on any atom is -0.331 e. The van der Waals surface area contributed by atoms with Gasteiger partial charge in [0.05, 0.1) is 0 Å². The van der Waals surface area contributed by atoms with E-state index in [2.05, 4.69) is 11.9 Å². The lowest BCUT2D eigenvalue weighted by molar-refractivity contribution is -0.120. The molecule has 8 heavy (non-hydrogen) atoms. The molecular formula is C6H11NO. The minimum absolute atomic E-state index is 0.0255. The third-order valence-corrected chi connectivity index (χ3v) is 0.674. The lowest BCUT2D eigenvalue weighted by atomic mass is 10.4. The van der Waals surface area contributed by atoms with E-state index in [0.29, 0.717) is 12.1 Å². The van der Waals surface area contributed by atoms with Crippen molar-refractivity contribution in [3.8, 4) is 0 Å². The molecule has 0 saturated heterocycles. The fourth-order valence-electron chi connectivity index (χ4n) is 0.326. The van der Waals surface area contributed by atoms with Gasteiger partial charge in [-0.2, -0.15) is 0 Å². The van der Waals surface area contributed by atoms with Gasteiger partial charge < -0.3 is 5.32 Å². The van der Waals surface area contributed by atoms with Crippen LogP contribution >= 0.6 is 0 Å². The van der Waals surface area contributed by atoms with Gasteiger partial charge in [-0.15, -0.1) is 0 Å². The monoisotopic (exact) mass is 113 g/mol.